The van der Waals surface area contributed by atoms with Crippen LogP contribution in [0, 0.1) is 0 Å². The largest absolute Gasteiger partial charge is 0.355 e. The monoisotopic (exact) mass is 256 g/mol. The van der Waals surface area contributed by atoms with E-state index in [-0.39, 0.29) is 5.91 Å². The summed E-state index contributed by atoms with van der Waals surface area (Å²) in [6.45, 7) is 6.57. The van der Waals surface area contributed by atoms with Gasteiger partial charge >= 0.3 is 0 Å². The van der Waals surface area contributed by atoms with Crippen molar-refractivity contribution in [3.05, 3.63) is 0 Å². The minimum atomic E-state index is 0.131. The van der Waals surface area contributed by atoms with E-state index in [0.717, 1.165) is 25.9 Å². The molecule has 0 saturated heterocycles. The number of hydrogen-bond donors (Lipinski definition) is 2. The maximum atomic E-state index is 11.4. The van der Waals surface area contributed by atoms with E-state index in [0.29, 0.717) is 6.54 Å². The summed E-state index contributed by atoms with van der Waals surface area (Å²) in [5.74, 6) is 0.131. The molecule has 2 N–H and O–H groups in total. The SMILES string of the molecule is CCCCCCCCCCNC(=O)CNCCC. The Morgan fingerprint density at radius 1 is 0.778 bits per heavy atom. The van der Waals surface area contributed by atoms with Gasteiger partial charge in [0.05, 0.1) is 6.54 Å². The molecule has 3 heteroatoms. The molecule has 0 aromatic rings. The Morgan fingerprint density at radius 3 is 2.00 bits per heavy atom. The lowest BCUT2D eigenvalue weighted by molar-refractivity contribution is -0.120. The highest BCUT2D eigenvalue weighted by Gasteiger charge is 1.98. The number of unbranched alkanes of at least 4 members (excludes halogenated alkanes) is 7. The zero-order valence-electron chi connectivity index (χ0n) is 12.4. The first-order chi connectivity index (χ1) is 8.81. The van der Waals surface area contributed by atoms with Gasteiger partial charge in [0.1, 0.15) is 0 Å². The Morgan fingerprint density at radius 2 is 1.39 bits per heavy atom. The van der Waals surface area contributed by atoms with Gasteiger partial charge in [0.2, 0.25) is 5.91 Å². The van der Waals surface area contributed by atoms with Gasteiger partial charge in [-0.2, -0.15) is 0 Å². The van der Waals surface area contributed by atoms with E-state index in [4.69, 9.17) is 0 Å². The van der Waals surface area contributed by atoms with Crippen LogP contribution in [0.5, 0.6) is 0 Å². The highest BCUT2D eigenvalue weighted by atomic mass is 16.1. The fourth-order valence-electron chi connectivity index (χ4n) is 1.93. The van der Waals surface area contributed by atoms with Gasteiger partial charge in [-0.1, -0.05) is 58.8 Å². The Hall–Kier alpha value is -0.570. The van der Waals surface area contributed by atoms with Gasteiger partial charge in [-0.05, 0) is 19.4 Å². The van der Waals surface area contributed by atoms with Crippen LogP contribution in [0.1, 0.15) is 71.6 Å². The highest BCUT2D eigenvalue weighted by Crippen LogP contribution is 2.07. The third kappa shape index (κ3) is 13.5. The van der Waals surface area contributed by atoms with Crippen LogP contribution in [-0.4, -0.2) is 25.5 Å². The Kier molecular flexibility index (Phi) is 14.0. The molecule has 0 saturated carbocycles. The van der Waals surface area contributed by atoms with Gasteiger partial charge in [-0.25, -0.2) is 0 Å². The topological polar surface area (TPSA) is 41.1 Å². The molecular weight excluding hydrogens is 224 g/mol. The molecule has 0 bridgehead atoms. The number of nitrogens with one attached hydrogen (secondary N) is 2. The highest BCUT2D eigenvalue weighted by molar-refractivity contribution is 5.77. The average Bonchev–Trinajstić information content (AvgIpc) is 2.37. The molecule has 1 amide bonds. The zero-order chi connectivity index (χ0) is 13.5. The van der Waals surface area contributed by atoms with Gasteiger partial charge in [-0.3, -0.25) is 4.79 Å². The van der Waals surface area contributed by atoms with E-state index >= 15 is 0 Å². The lowest BCUT2D eigenvalue weighted by atomic mass is 10.1. The molecule has 0 aromatic heterocycles. The molecule has 0 spiro atoms. The van der Waals surface area contributed by atoms with Crippen molar-refractivity contribution in [3.63, 3.8) is 0 Å². The number of carbonyl (C=O) groups excluding carboxylic acids is 1. The van der Waals surface area contributed by atoms with Crippen molar-refractivity contribution < 1.29 is 4.79 Å². The molecule has 0 heterocycles. The van der Waals surface area contributed by atoms with Crippen molar-refractivity contribution >= 4 is 5.91 Å². The van der Waals surface area contributed by atoms with Crippen molar-refractivity contribution in [1.82, 2.24) is 10.6 Å². The van der Waals surface area contributed by atoms with Crippen molar-refractivity contribution in [2.45, 2.75) is 71.6 Å². The molecule has 0 unspecified atom stereocenters. The lowest BCUT2D eigenvalue weighted by Crippen LogP contribution is -2.34. The van der Waals surface area contributed by atoms with Gasteiger partial charge in [0.25, 0.3) is 0 Å². The van der Waals surface area contributed by atoms with Crippen LogP contribution in [0.4, 0.5) is 0 Å². The van der Waals surface area contributed by atoms with Crippen molar-refractivity contribution in [2.24, 2.45) is 0 Å². The smallest absolute Gasteiger partial charge is 0.233 e. The van der Waals surface area contributed by atoms with Crippen LogP contribution in [0.25, 0.3) is 0 Å². The van der Waals surface area contributed by atoms with Gasteiger partial charge in [0.15, 0.2) is 0 Å². The molecule has 18 heavy (non-hydrogen) atoms. The summed E-state index contributed by atoms with van der Waals surface area (Å²) in [6, 6.07) is 0. The van der Waals surface area contributed by atoms with Gasteiger partial charge < -0.3 is 10.6 Å². The summed E-state index contributed by atoms with van der Waals surface area (Å²) in [6.07, 6.45) is 11.6. The fraction of sp³-hybridized carbons (Fsp3) is 0.933. The quantitative estimate of drug-likeness (QED) is 0.497. The zero-order valence-corrected chi connectivity index (χ0v) is 12.4. The van der Waals surface area contributed by atoms with Gasteiger partial charge in [0, 0.05) is 6.54 Å². The van der Waals surface area contributed by atoms with Crippen molar-refractivity contribution in [1.29, 1.82) is 0 Å². The maximum Gasteiger partial charge on any atom is 0.233 e. The number of hydrogen-bond acceptors (Lipinski definition) is 2. The third-order valence-electron chi connectivity index (χ3n) is 3.06. The second kappa shape index (κ2) is 14.5. The Bertz CT molecular complexity index is 183. The summed E-state index contributed by atoms with van der Waals surface area (Å²) in [4.78, 5) is 11.4. The summed E-state index contributed by atoms with van der Waals surface area (Å²) < 4.78 is 0. The second-order valence-electron chi connectivity index (χ2n) is 5.00. The molecule has 0 aliphatic heterocycles. The van der Waals surface area contributed by atoms with Crippen LogP contribution in [-0.2, 0) is 4.79 Å². The number of carbonyl (C=O) groups is 1. The molecule has 0 atom stereocenters. The fourth-order valence-corrected chi connectivity index (χ4v) is 1.93. The predicted octanol–water partition coefficient (Wildman–Crippen LogP) is 3.24. The maximum absolute atomic E-state index is 11.4. The normalized spacial score (nSPS) is 10.6. The van der Waals surface area contributed by atoms with Crippen LogP contribution < -0.4 is 10.6 Å². The van der Waals surface area contributed by atoms with Crippen LogP contribution in [0.2, 0.25) is 0 Å². The van der Waals surface area contributed by atoms with E-state index in [2.05, 4.69) is 24.5 Å². The molecule has 0 radical (unpaired) electrons. The van der Waals surface area contributed by atoms with Crippen LogP contribution in [0.15, 0.2) is 0 Å². The Balaban J connectivity index is 3.08. The first kappa shape index (κ1) is 17.4. The first-order valence-electron chi connectivity index (χ1n) is 7.78. The molecule has 0 rings (SSSR count). The summed E-state index contributed by atoms with van der Waals surface area (Å²) in [7, 11) is 0. The van der Waals surface area contributed by atoms with E-state index in [1.165, 1.54) is 44.9 Å². The van der Waals surface area contributed by atoms with E-state index in [1.54, 1.807) is 0 Å². The molecule has 0 aliphatic rings. The molecule has 108 valence electrons. The minimum absolute atomic E-state index is 0.131. The van der Waals surface area contributed by atoms with Gasteiger partial charge in [-0.15, -0.1) is 0 Å². The molecular formula is C15H32N2O. The van der Waals surface area contributed by atoms with E-state index < -0.39 is 0 Å². The molecule has 0 aromatic carbocycles. The predicted molar refractivity (Wildman–Crippen MR) is 78.8 cm³/mol. The summed E-state index contributed by atoms with van der Waals surface area (Å²) >= 11 is 0. The van der Waals surface area contributed by atoms with Crippen molar-refractivity contribution in [2.75, 3.05) is 19.6 Å². The summed E-state index contributed by atoms with van der Waals surface area (Å²) in [5.41, 5.74) is 0. The summed E-state index contributed by atoms with van der Waals surface area (Å²) in [5, 5.41) is 6.05. The second-order valence-corrected chi connectivity index (χ2v) is 5.00. The molecule has 0 aliphatic carbocycles. The van der Waals surface area contributed by atoms with Crippen molar-refractivity contribution in [3.8, 4) is 0 Å². The number of rotatable bonds is 13. The molecule has 3 nitrogen and oxygen atoms in total. The van der Waals surface area contributed by atoms with E-state index in [9.17, 15) is 4.79 Å². The van der Waals surface area contributed by atoms with E-state index in [1.807, 2.05) is 0 Å². The third-order valence-corrected chi connectivity index (χ3v) is 3.06. The average molecular weight is 256 g/mol. The number of amides is 1. The van der Waals surface area contributed by atoms with Crippen LogP contribution in [0.3, 0.4) is 0 Å². The first-order valence-corrected chi connectivity index (χ1v) is 7.78. The minimum Gasteiger partial charge on any atom is -0.355 e. The standard InChI is InChI=1S/C15H32N2O/c1-3-5-6-7-8-9-10-11-13-17-15(18)14-16-12-4-2/h16H,3-14H2,1-2H3,(H,17,18). The molecule has 0 fully saturated rings. The van der Waals surface area contributed by atoms with Crippen LogP contribution >= 0.6 is 0 Å². The lowest BCUT2D eigenvalue weighted by Gasteiger charge is -2.06. The Labute approximate surface area is 113 Å².